The Morgan fingerprint density at radius 2 is 1.87 bits per heavy atom. The van der Waals surface area contributed by atoms with E-state index in [4.69, 9.17) is 10.5 Å². The molecule has 5 rings (SSSR count). The number of carbonyl (C=O) groups is 3. The zero-order valence-corrected chi connectivity index (χ0v) is 26.2. The van der Waals surface area contributed by atoms with Crippen molar-refractivity contribution in [2.45, 2.75) is 30.3 Å². The molecule has 4 aromatic rings. The summed E-state index contributed by atoms with van der Waals surface area (Å²) in [5.74, 6) is -3.34. The van der Waals surface area contributed by atoms with Crippen LogP contribution in [-0.2, 0) is 25.0 Å². The standard InChI is InChI=1S/C32H32FN5O8S/c1-3-46-20-6-8-25(33)23(16-20)27(36-18-4-7-21-17(14-18)10-12-35-29(21)34)30(39)38-13-11-22(31(40)41)28(38)24-15-19(37-32(42)45-2)5-9-26(24)47(43)44/h4-10,12,14-16,22,27-28,36,47H,3,11,13H2,1-2H3,(H2,34,35)(H,37,42)(H,40,41)/t22-,27+,28+/m0/s1. The Labute approximate surface area is 270 Å². The first-order valence-electron chi connectivity index (χ1n) is 14.5. The average Bonchev–Trinajstić information content (AvgIpc) is 3.50. The number of hydrogen-bond donors (Lipinski definition) is 5. The number of hydrogen-bond acceptors (Lipinski definition) is 10. The molecule has 1 fully saturated rings. The lowest BCUT2D eigenvalue weighted by molar-refractivity contribution is -0.143. The maximum absolute atomic E-state index is 15.6. The summed E-state index contributed by atoms with van der Waals surface area (Å²) in [5.41, 5.74) is 6.43. The van der Waals surface area contributed by atoms with E-state index in [0.717, 1.165) is 7.11 Å². The van der Waals surface area contributed by atoms with Crippen molar-refractivity contribution in [3.63, 3.8) is 0 Å². The maximum atomic E-state index is 15.6. The van der Waals surface area contributed by atoms with E-state index in [1.54, 1.807) is 31.2 Å². The molecule has 0 unspecified atom stereocenters. The van der Waals surface area contributed by atoms with Gasteiger partial charge in [0.25, 0.3) is 0 Å². The van der Waals surface area contributed by atoms with Crippen molar-refractivity contribution in [1.29, 1.82) is 0 Å². The number of ether oxygens (including phenoxy) is 2. The number of halogens is 1. The Balaban J connectivity index is 1.64. The zero-order chi connectivity index (χ0) is 33.8. The topological polar surface area (TPSA) is 190 Å². The highest BCUT2D eigenvalue weighted by molar-refractivity contribution is 7.72. The largest absolute Gasteiger partial charge is 0.494 e. The number of pyridine rings is 1. The number of aromatic nitrogens is 1. The first-order valence-corrected chi connectivity index (χ1v) is 15.7. The van der Waals surface area contributed by atoms with Gasteiger partial charge in [0.15, 0.2) is 10.7 Å². The number of anilines is 3. The number of rotatable bonds is 10. The van der Waals surface area contributed by atoms with E-state index in [1.807, 2.05) is 0 Å². The zero-order valence-electron chi connectivity index (χ0n) is 25.3. The number of benzene rings is 3. The van der Waals surface area contributed by atoms with Crippen molar-refractivity contribution in [2.75, 3.05) is 36.6 Å². The van der Waals surface area contributed by atoms with Gasteiger partial charge < -0.3 is 30.5 Å². The molecule has 5 N–H and O–H groups in total. The van der Waals surface area contributed by atoms with E-state index in [9.17, 15) is 27.9 Å². The highest BCUT2D eigenvalue weighted by Gasteiger charge is 2.45. The molecule has 2 heterocycles. The maximum Gasteiger partial charge on any atom is 0.411 e. The van der Waals surface area contributed by atoms with Gasteiger partial charge in [-0.1, -0.05) is 0 Å². The summed E-state index contributed by atoms with van der Waals surface area (Å²) in [6.45, 7) is 1.94. The van der Waals surface area contributed by atoms with E-state index in [0.29, 0.717) is 28.0 Å². The summed E-state index contributed by atoms with van der Waals surface area (Å²) in [5, 5.41) is 17.1. The molecule has 0 radical (unpaired) electrons. The predicted octanol–water partition coefficient (Wildman–Crippen LogP) is 4.33. The number of aliphatic carboxylic acids is 1. The molecule has 47 heavy (non-hydrogen) atoms. The number of thiol groups is 1. The van der Waals surface area contributed by atoms with Crippen LogP contribution in [-0.4, -0.2) is 61.6 Å². The number of carbonyl (C=O) groups excluding carboxylic acids is 2. The Hall–Kier alpha value is -5.44. The Morgan fingerprint density at radius 3 is 2.57 bits per heavy atom. The number of carboxylic acid groups (broad SMARTS) is 1. The molecule has 15 heteroatoms. The minimum absolute atomic E-state index is 0.0219. The van der Waals surface area contributed by atoms with Gasteiger partial charge >= 0.3 is 12.1 Å². The molecular weight excluding hydrogens is 633 g/mol. The van der Waals surface area contributed by atoms with Crippen LogP contribution in [0.25, 0.3) is 10.8 Å². The van der Waals surface area contributed by atoms with Gasteiger partial charge in [0, 0.05) is 35.1 Å². The quantitative estimate of drug-likeness (QED) is 0.152. The van der Waals surface area contributed by atoms with Crippen LogP contribution in [0.4, 0.5) is 26.4 Å². The number of fused-ring (bicyclic) bond motifs is 1. The summed E-state index contributed by atoms with van der Waals surface area (Å²) in [6.07, 6.45) is 0.662. The smallest absolute Gasteiger partial charge is 0.411 e. The molecule has 1 aromatic heterocycles. The van der Waals surface area contributed by atoms with Crippen molar-refractivity contribution in [1.82, 2.24) is 9.88 Å². The van der Waals surface area contributed by atoms with Crippen molar-refractivity contribution in [3.8, 4) is 5.75 Å². The van der Waals surface area contributed by atoms with Gasteiger partial charge in [-0.05, 0) is 85.0 Å². The number of nitrogens with zero attached hydrogens (tertiary/aromatic N) is 2. The molecule has 0 saturated carbocycles. The second-order valence-corrected chi connectivity index (χ2v) is 11.7. The van der Waals surface area contributed by atoms with E-state index in [2.05, 4.69) is 20.4 Å². The highest BCUT2D eigenvalue weighted by atomic mass is 32.2. The molecule has 246 valence electrons. The first-order chi connectivity index (χ1) is 22.5. The van der Waals surface area contributed by atoms with Crippen LogP contribution in [0.2, 0.25) is 0 Å². The van der Waals surface area contributed by atoms with E-state index < -0.39 is 52.5 Å². The van der Waals surface area contributed by atoms with Crippen LogP contribution < -0.4 is 21.1 Å². The highest BCUT2D eigenvalue weighted by Crippen LogP contribution is 2.43. The van der Waals surface area contributed by atoms with Gasteiger partial charge in [-0.15, -0.1) is 0 Å². The van der Waals surface area contributed by atoms with E-state index >= 15 is 4.39 Å². The molecule has 1 aliphatic rings. The molecule has 0 spiro atoms. The second kappa shape index (κ2) is 13.9. The normalized spacial score (nSPS) is 16.6. The fourth-order valence-electron chi connectivity index (χ4n) is 5.78. The van der Waals surface area contributed by atoms with Gasteiger partial charge in [0.05, 0.1) is 30.6 Å². The number of carboxylic acids is 1. The van der Waals surface area contributed by atoms with E-state index in [1.165, 1.54) is 47.5 Å². The second-order valence-electron chi connectivity index (χ2n) is 10.7. The number of nitrogens with two attached hydrogens (primary N) is 1. The molecule has 2 amide bonds. The number of methoxy groups -OCH3 is 1. The lowest BCUT2D eigenvalue weighted by Gasteiger charge is -2.32. The summed E-state index contributed by atoms with van der Waals surface area (Å²) in [6, 6.07) is 11.9. The van der Waals surface area contributed by atoms with Crippen LogP contribution in [0.3, 0.4) is 0 Å². The van der Waals surface area contributed by atoms with Gasteiger partial charge in [0.2, 0.25) is 5.91 Å². The van der Waals surface area contributed by atoms with Crippen molar-refractivity contribution >= 4 is 56.6 Å². The van der Waals surface area contributed by atoms with Crippen LogP contribution in [0.1, 0.15) is 36.6 Å². The molecule has 3 atom stereocenters. The predicted molar refractivity (Wildman–Crippen MR) is 171 cm³/mol. The monoisotopic (exact) mass is 665 g/mol. The summed E-state index contributed by atoms with van der Waals surface area (Å²) >= 11 is 0. The number of nitrogens with one attached hydrogen (secondary N) is 2. The molecule has 0 bridgehead atoms. The molecule has 3 aromatic carbocycles. The molecular formula is C32H32FN5O8S. The number of amides is 2. The Morgan fingerprint density at radius 1 is 1.11 bits per heavy atom. The lowest BCUT2D eigenvalue weighted by atomic mass is 9.92. The molecule has 0 aliphatic carbocycles. The van der Waals surface area contributed by atoms with Crippen molar-refractivity contribution in [3.05, 3.63) is 83.8 Å². The van der Waals surface area contributed by atoms with E-state index in [-0.39, 0.29) is 41.3 Å². The van der Waals surface area contributed by atoms with Crippen LogP contribution in [0.15, 0.2) is 71.8 Å². The summed E-state index contributed by atoms with van der Waals surface area (Å²) in [4.78, 5) is 44.1. The summed E-state index contributed by atoms with van der Waals surface area (Å²) in [7, 11) is -2.12. The van der Waals surface area contributed by atoms with Gasteiger partial charge in [-0.3, -0.25) is 14.9 Å². The van der Waals surface area contributed by atoms with Crippen LogP contribution in [0.5, 0.6) is 5.75 Å². The van der Waals surface area contributed by atoms with Gasteiger partial charge in [-0.25, -0.2) is 22.6 Å². The third-order valence-electron chi connectivity index (χ3n) is 7.92. The number of nitrogen functional groups attached to an aromatic ring is 1. The molecule has 1 saturated heterocycles. The van der Waals surface area contributed by atoms with Gasteiger partial charge in [-0.2, -0.15) is 0 Å². The SMILES string of the molecule is CCOc1ccc(F)c([C@@H](Nc2ccc3c(N)nccc3c2)C(=O)N2CC[C@H](C(=O)O)[C@@H]2c2cc(NC(=O)OC)ccc2[SH](=O)=O)c1. The average molecular weight is 666 g/mol. The Kier molecular flexibility index (Phi) is 9.75. The summed E-state index contributed by atoms with van der Waals surface area (Å²) < 4.78 is 50.6. The first kappa shape index (κ1) is 32.9. The fourth-order valence-corrected chi connectivity index (χ4v) is 6.39. The third-order valence-corrected chi connectivity index (χ3v) is 8.72. The van der Waals surface area contributed by atoms with Gasteiger partial charge in [0.1, 0.15) is 23.4 Å². The van der Waals surface area contributed by atoms with Crippen molar-refractivity contribution in [2.24, 2.45) is 5.92 Å². The van der Waals surface area contributed by atoms with Crippen LogP contribution in [0, 0.1) is 11.7 Å². The minimum atomic E-state index is -3.26. The minimum Gasteiger partial charge on any atom is -0.494 e. The molecule has 1 aliphatic heterocycles. The number of likely N-dealkylation sites (tertiary alicyclic amines) is 1. The van der Waals surface area contributed by atoms with Crippen molar-refractivity contribution < 1.29 is 41.8 Å². The lowest BCUT2D eigenvalue weighted by Crippen LogP contribution is -2.40. The third kappa shape index (κ3) is 6.89. The van der Waals surface area contributed by atoms with Crippen LogP contribution >= 0.6 is 0 Å². The molecule has 13 nitrogen and oxygen atoms in total. The fraction of sp³-hybridized carbons (Fsp3) is 0.250. The Bertz CT molecular complexity index is 1930.